The Labute approximate surface area is 228 Å². The first-order chi connectivity index (χ1) is 18.3. The second-order valence-corrected chi connectivity index (χ2v) is 12.4. The van der Waals surface area contributed by atoms with Gasteiger partial charge in [0.05, 0.1) is 22.1 Å². The first kappa shape index (κ1) is 25.9. The molecular formula is C27H23ClN4O4S2. The maximum Gasteiger partial charge on any atom is 0.268 e. The van der Waals surface area contributed by atoms with Gasteiger partial charge in [-0.3, -0.25) is 9.59 Å². The van der Waals surface area contributed by atoms with Crippen LogP contribution in [0.25, 0.3) is 23.0 Å². The first-order valence-corrected chi connectivity index (χ1v) is 14.8. The molecule has 2 N–H and O–H groups in total. The molecule has 2 amide bonds. The molecular weight excluding hydrogens is 544 g/mol. The highest BCUT2D eigenvalue weighted by molar-refractivity contribution is 7.91. The van der Waals surface area contributed by atoms with Crippen LogP contribution >= 0.6 is 22.9 Å². The number of carbonyl (C=O) groups excluding carboxylic acids is 2. The van der Waals surface area contributed by atoms with Crippen molar-refractivity contribution in [3.63, 3.8) is 0 Å². The summed E-state index contributed by atoms with van der Waals surface area (Å²) < 4.78 is 25.5. The highest BCUT2D eigenvalue weighted by Crippen LogP contribution is 2.27. The van der Waals surface area contributed by atoms with Crippen molar-refractivity contribution < 1.29 is 18.0 Å². The Morgan fingerprint density at radius 2 is 1.82 bits per heavy atom. The predicted octanol–water partition coefficient (Wildman–Crippen LogP) is 4.33. The van der Waals surface area contributed by atoms with Gasteiger partial charge in [0.1, 0.15) is 11.4 Å². The third-order valence-electron chi connectivity index (χ3n) is 5.99. The largest absolute Gasteiger partial charge is 0.347 e. The van der Waals surface area contributed by atoms with Gasteiger partial charge in [0, 0.05) is 28.4 Å². The van der Waals surface area contributed by atoms with Crippen LogP contribution in [0.15, 0.2) is 84.0 Å². The molecule has 38 heavy (non-hydrogen) atoms. The lowest BCUT2D eigenvalue weighted by atomic mass is 10.1. The van der Waals surface area contributed by atoms with Crippen LogP contribution in [0.2, 0.25) is 5.02 Å². The van der Waals surface area contributed by atoms with E-state index in [0.29, 0.717) is 27.6 Å². The highest BCUT2D eigenvalue weighted by atomic mass is 35.5. The van der Waals surface area contributed by atoms with E-state index in [1.807, 2.05) is 42.5 Å². The average Bonchev–Trinajstić information content (AvgIpc) is 3.65. The van der Waals surface area contributed by atoms with Gasteiger partial charge in [0.25, 0.3) is 11.8 Å². The summed E-state index contributed by atoms with van der Waals surface area (Å²) in [6.45, 7) is 0. The van der Waals surface area contributed by atoms with Gasteiger partial charge in [-0.15, -0.1) is 11.3 Å². The third-order valence-corrected chi connectivity index (χ3v) is 8.87. The van der Waals surface area contributed by atoms with Crippen molar-refractivity contribution in [2.24, 2.45) is 0 Å². The van der Waals surface area contributed by atoms with Crippen molar-refractivity contribution in [1.82, 2.24) is 20.4 Å². The number of carbonyl (C=O) groups is 2. The van der Waals surface area contributed by atoms with Crippen LogP contribution in [0.1, 0.15) is 21.7 Å². The van der Waals surface area contributed by atoms with Crippen LogP contribution in [-0.4, -0.2) is 47.6 Å². The van der Waals surface area contributed by atoms with E-state index in [9.17, 15) is 18.0 Å². The molecule has 5 rings (SSSR count). The summed E-state index contributed by atoms with van der Waals surface area (Å²) >= 11 is 7.34. The Bertz CT molecular complexity index is 1600. The summed E-state index contributed by atoms with van der Waals surface area (Å²) in [5.74, 6) is -1.13. The quantitative estimate of drug-likeness (QED) is 0.324. The van der Waals surface area contributed by atoms with Gasteiger partial charge in [-0.05, 0) is 48.2 Å². The van der Waals surface area contributed by atoms with Crippen molar-refractivity contribution in [3.05, 3.63) is 99.5 Å². The lowest BCUT2D eigenvalue weighted by Crippen LogP contribution is -2.40. The number of amides is 2. The number of aromatic nitrogens is 2. The van der Waals surface area contributed by atoms with E-state index in [1.165, 1.54) is 11.3 Å². The number of para-hydroxylation sites is 1. The number of nitrogens with zero attached hydrogens (tertiary/aromatic N) is 2. The smallest absolute Gasteiger partial charge is 0.268 e. The molecule has 3 heterocycles. The van der Waals surface area contributed by atoms with E-state index in [4.69, 9.17) is 16.7 Å². The average molecular weight is 567 g/mol. The number of sulfone groups is 1. The number of nitrogens with one attached hydrogen (secondary N) is 2. The molecule has 8 nitrogen and oxygen atoms in total. The van der Waals surface area contributed by atoms with Gasteiger partial charge >= 0.3 is 0 Å². The number of hydrogen-bond acceptors (Lipinski definition) is 6. The van der Waals surface area contributed by atoms with Crippen molar-refractivity contribution in [1.29, 1.82) is 0 Å². The molecule has 1 aliphatic heterocycles. The summed E-state index contributed by atoms with van der Waals surface area (Å²) in [4.78, 5) is 26.7. The minimum absolute atomic E-state index is 0.0170. The molecule has 194 valence electrons. The Balaban J connectivity index is 1.56. The highest BCUT2D eigenvalue weighted by Gasteiger charge is 2.30. The second kappa shape index (κ2) is 10.9. The van der Waals surface area contributed by atoms with Gasteiger partial charge in [-0.2, -0.15) is 5.10 Å². The Hall–Kier alpha value is -3.73. The molecule has 1 fully saturated rings. The lowest BCUT2D eigenvalue weighted by Gasteiger charge is -2.14. The Morgan fingerprint density at radius 1 is 1.05 bits per heavy atom. The minimum Gasteiger partial charge on any atom is -0.347 e. The molecule has 2 aromatic carbocycles. The zero-order valence-corrected chi connectivity index (χ0v) is 22.4. The fourth-order valence-corrected chi connectivity index (χ4v) is 6.53. The van der Waals surface area contributed by atoms with E-state index < -0.39 is 27.7 Å². The van der Waals surface area contributed by atoms with E-state index in [0.717, 1.165) is 11.3 Å². The number of hydrogen-bond donors (Lipinski definition) is 2. The normalized spacial score (nSPS) is 16.8. The zero-order valence-electron chi connectivity index (χ0n) is 20.0. The third kappa shape index (κ3) is 6.04. The van der Waals surface area contributed by atoms with Gasteiger partial charge in [-0.1, -0.05) is 48.0 Å². The number of thiophene rings is 1. The summed E-state index contributed by atoms with van der Waals surface area (Å²) in [6, 6.07) is 19.5. The van der Waals surface area contributed by atoms with E-state index in [1.54, 1.807) is 46.6 Å². The molecule has 1 saturated heterocycles. The van der Waals surface area contributed by atoms with Gasteiger partial charge in [0.15, 0.2) is 9.84 Å². The van der Waals surface area contributed by atoms with Crippen LogP contribution in [-0.2, 0) is 14.6 Å². The molecule has 1 atom stereocenters. The summed E-state index contributed by atoms with van der Waals surface area (Å²) in [6.07, 6.45) is 3.65. The molecule has 0 bridgehead atoms. The Kier molecular flexibility index (Phi) is 7.46. The fourth-order valence-electron chi connectivity index (χ4n) is 4.12. The molecule has 1 aliphatic rings. The Morgan fingerprint density at radius 3 is 2.47 bits per heavy atom. The lowest BCUT2D eigenvalue weighted by molar-refractivity contribution is -0.118. The second-order valence-electron chi connectivity index (χ2n) is 8.78. The summed E-state index contributed by atoms with van der Waals surface area (Å²) in [5.41, 5.74) is 2.71. The summed E-state index contributed by atoms with van der Waals surface area (Å²) in [5, 5.41) is 12.6. The molecule has 1 unspecified atom stereocenters. The molecule has 0 spiro atoms. The van der Waals surface area contributed by atoms with Crippen LogP contribution in [0.5, 0.6) is 0 Å². The standard InChI is InChI=1S/C27H23ClN4O4S2/c28-20-10-8-18(9-11-20)25-19(16-32(31-25)22-5-2-1-3-6-22)15-23(30-27(34)24-7-4-13-37-24)26(33)29-21-12-14-38(35,36)17-21/h1-11,13,15-16,21H,12,14,17H2,(H,29,33)(H,30,34)/b23-15-. The topological polar surface area (TPSA) is 110 Å². The van der Waals surface area contributed by atoms with Gasteiger partial charge in [-0.25, -0.2) is 13.1 Å². The van der Waals surface area contributed by atoms with Crippen LogP contribution in [0.4, 0.5) is 0 Å². The molecule has 4 aromatic rings. The van der Waals surface area contributed by atoms with Crippen molar-refractivity contribution in [3.8, 4) is 16.9 Å². The first-order valence-electron chi connectivity index (χ1n) is 11.8. The molecule has 0 aliphatic carbocycles. The van der Waals surface area contributed by atoms with E-state index in [2.05, 4.69) is 10.6 Å². The fraction of sp³-hybridized carbons (Fsp3) is 0.148. The molecule has 11 heteroatoms. The van der Waals surface area contributed by atoms with Crippen molar-refractivity contribution >= 4 is 50.7 Å². The predicted molar refractivity (Wildman–Crippen MR) is 149 cm³/mol. The molecule has 2 aromatic heterocycles. The zero-order chi connectivity index (χ0) is 26.7. The SMILES string of the molecule is O=C(NC1CCS(=O)(=O)C1)/C(=C/c1cn(-c2ccccc2)nc1-c1ccc(Cl)cc1)NC(=O)c1cccs1. The molecule has 0 radical (unpaired) electrons. The summed E-state index contributed by atoms with van der Waals surface area (Å²) in [7, 11) is -3.20. The van der Waals surface area contributed by atoms with Crippen LogP contribution in [0.3, 0.4) is 0 Å². The van der Waals surface area contributed by atoms with E-state index in [-0.39, 0.29) is 17.2 Å². The van der Waals surface area contributed by atoms with Crippen molar-refractivity contribution in [2.45, 2.75) is 12.5 Å². The van der Waals surface area contributed by atoms with Gasteiger partial charge in [0.2, 0.25) is 0 Å². The monoisotopic (exact) mass is 566 g/mol. The van der Waals surface area contributed by atoms with Crippen molar-refractivity contribution in [2.75, 3.05) is 11.5 Å². The molecule has 0 saturated carbocycles. The number of rotatable bonds is 7. The van der Waals surface area contributed by atoms with Crippen LogP contribution < -0.4 is 10.6 Å². The minimum atomic E-state index is -3.20. The van der Waals surface area contributed by atoms with Gasteiger partial charge < -0.3 is 10.6 Å². The van der Waals surface area contributed by atoms with E-state index >= 15 is 0 Å². The number of halogens is 1. The maximum absolute atomic E-state index is 13.4. The maximum atomic E-state index is 13.4. The van der Waals surface area contributed by atoms with Crippen LogP contribution in [0, 0.1) is 0 Å². The number of benzene rings is 2.